The van der Waals surface area contributed by atoms with E-state index in [1.807, 2.05) is 6.92 Å². The van der Waals surface area contributed by atoms with Crippen LogP contribution in [0.15, 0.2) is 12.1 Å². The lowest BCUT2D eigenvalue weighted by molar-refractivity contribution is 0.0757. The zero-order valence-corrected chi connectivity index (χ0v) is 9.39. The average Bonchev–Trinajstić information content (AvgIpc) is 2.06. The van der Waals surface area contributed by atoms with E-state index in [0.717, 1.165) is 5.56 Å². The fourth-order valence-corrected chi connectivity index (χ4v) is 1.63. The summed E-state index contributed by atoms with van der Waals surface area (Å²) in [4.78, 5) is 0. The Morgan fingerprint density at radius 3 is 2.36 bits per heavy atom. The molecule has 0 atom stereocenters. The van der Waals surface area contributed by atoms with E-state index in [2.05, 4.69) is 0 Å². The van der Waals surface area contributed by atoms with E-state index in [9.17, 15) is 10.2 Å². The Labute approximate surface area is 89.1 Å². The lowest BCUT2D eigenvalue weighted by atomic mass is 9.94. The van der Waals surface area contributed by atoms with Gasteiger partial charge in [0.1, 0.15) is 5.75 Å². The van der Waals surface area contributed by atoms with Crippen molar-refractivity contribution in [3.63, 3.8) is 0 Å². The minimum absolute atomic E-state index is 0.143. The molecule has 1 rings (SSSR count). The fraction of sp³-hybridized carbons (Fsp3) is 0.455. The molecule has 0 unspecified atom stereocenters. The second-order valence-electron chi connectivity index (χ2n) is 3.87. The van der Waals surface area contributed by atoms with Gasteiger partial charge in [-0.05, 0) is 38.0 Å². The molecule has 2 N–H and O–H groups in total. The summed E-state index contributed by atoms with van der Waals surface area (Å²) in [5.74, 6) is 0.143. The Hall–Kier alpha value is -0.730. The van der Waals surface area contributed by atoms with Crippen LogP contribution in [0.25, 0.3) is 0 Å². The molecule has 3 heteroatoms. The third kappa shape index (κ3) is 2.20. The summed E-state index contributed by atoms with van der Waals surface area (Å²) in [6.07, 6.45) is 0.690. The molecule has 0 heterocycles. The standard InChI is InChI=1S/C11H15ClO2/c1-4-7-5-8(12)6-9(10(7)13)11(2,3)14/h5-6,13-14H,4H2,1-3H3. The first kappa shape index (κ1) is 11.3. The van der Waals surface area contributed by atoms with Gasteiger partial charge < -0.3 is 10.2 Å². The number of aliphatic hydroxyl groups is 1. The second-order valence-corrected chi connectivity index (χ2v) is 4.31. The predicted molar refractivity (Wildman–Crippen MR) is 57.7 cm³/mol. The van der Waals surface area contributed by atoms with Crippen molar-refractivity contribution in [1.82, 2.24) is 0 Å². The molecule has 0 radical (unpaired) electrons. The van der Waals surface area contributed by atoms with Crippen molar-refractivity contribution < 1.29 is 10.2 Å². The highest BCUT2D eigenvalue weighted by molar-refractivity contribution is 6.30. The normalized spacial score (nSPS) is 11.8. The van der Waals surface area contributed by atoms with Crippen LogP contribution in [0, 0.1) is 0 Å². The molecular weight excluding hydrogens is 200 g/mol. The van der Waals surface area contributed by atoms with Crippen molar-refractivity contribution in [2.75, 3.05) is 0 Å². The van der Waals surface area contributed by atoms with Gasteiger partial charge in [0.25, 0.3) is 0 Å². The van der Waals surface area contributed by atoms with Gasteiger partial charge in [-0.15, -0.1) is 0 Å². The van der Waals surface area contributed by atoms with Gasteiger partial charge >= 0.3 is 0 Å². The van der Waals surface area contributed by atoms with E-state index >= 15 is 0 Å². The van der Waals surface area contributed by atoms with Gasteiger partial charge in [-0.25, -0.2) is 0 Å². The number of phenols is 1. The SMILES string of the molecule is CCc1cc(Cl)cc(C(C)(C)O)c1O. The average molecular weight is 215 g/mol. The van der Waals surface area contributed by atoms with Gasteiger partial charge in [-0.3, -0.25) is 0 Å². The van der Waals surface area contributed by atoms with Crippen LogP contribution in [0.2, 0.25) is 5.02 Å². The Balaban J connectivity index is 3.37. The number of benzene rings is 1. The van der Waals surface area contributed by atoms with Gasteiger partial charge in [0.2, 0.25) is 0 Å². The Morgan fingerprint density at radius 2 is 1.93 bits per heavy atom. The summed E-state index contributed by atoms with van der Waals surface area (Å²) in [6, 6.07) is 3.31. The molecule has 0 saturated heterocycles. The van der Waals surface area contributed by atoms with Gasteiger partial charge in [-0.2, -0.15) is 0 Å². The summed E-state index contributed by atoms with van der Waals surface area (Å²) in [6.45, 7) is 5.18. The van der Waals surface area contributed by atoms with E-state index in [4.69, 9.17) is 11.6 Å². The van der Waals surface area contributed by atoms with Crippen molar-refractivity contribution in [1.29, 1.82) is 0 Å². The van der Waals surface area contributed by atoms with Crippen molar-refractivity contribution in [3.8, 4) is 5.75 Å². The van der Waals surface area contributed by atoms with Crippen molar-refractivity contribution in [3.05, 3.63) is 28.3 Å². The largest absolute Gasteiger partial charge is 0.507 e. The zero-order chi connectivity index (χ0) is 10.9. The molecule has 0 saturated carbocycles. The maximum Gasteiger partial charge on any atom is 0.124 e. The minimum Gasteiger partial charge on any atom is -0.507 e. The Morgan fingerprint density at radius 1 is 1.36 bits per heavy atom. The van der Waals surface area contributed by atoms with Gasteiger partial charge in [0.05, 0.1) is 5.60 Å². The molecule has 14 heavy (non-hydrogen) atoms. The molecule has 0 aliphatic rings. The molecule has 0 fully saturated rings. The molecule has 1 aromatic carbocycles. The lowest BCUT2D eigenvalue weighted by Crippen LogP contribution is -2.16. The summed E-state index contributed by atoms with van der Waals surface area (Å²) in [7, 11) is 0. The molecule has 1 aromatic rings. The van der Waals surface area contributed by atoms with Crippen molar-refractivity contribution >= 4 is 11.6 Å². The predicted octanol–water partition coefficient (Wildman–Crippen LogP) is 2.84. The fourth-order valence-electron chi connectivity index (χ4n) is 1.39. The number of aryl methyl sites for hydroxylation is 1. The van der Waals surface area contributed by atoms with Crippen LogP contribution in [-0.4, -0.2) is 10.2 Å². The van der Waals surface area contributed by atoms with Crippen LogP contribution < -0.4 is 0 Å². The highest BCUT2D eigenvalue weighted by Gasteiger charge is 2.22. The third-order valence-electron chi connectivity index (χ3n) is 2.19. The van der Waals surface area contributed by atoms with E-state index in [0.29, 0.717) is 17.0 Å². The first-order valence-electron chi connectivity index (χ1n) is 4.60. The van der Waals surface area contributed by atoms with Crippen LogP contribution in [0.1, 0.15) is 31.9 Å². The summed E-state index contributed by atoms with van der Waals surface area (Å²) < 4.78 is 0. The molecule has 0 spiro atoms. The Bertz CT molecular complexity index is 340. The molecule has 2 nitrogen and oxygen atoms in total. The first-order chi connectivity index (χ1) is 6.36. The molecule has 0 amide bonds. The topological polar surface area (TPSA) is 40.5 Å². The van der Waals surface area contributed by atoms with E-state index < -0.39 is 5.60 Å². The minimum atomic E-state index is -1.07. The monoisotopic (exact) mass is 214 g/mol. The van der Waals surface area contributed by atoms with Crippen LogP contribution >= 0.6 is 11.6 Å². The quantitative estimate of drug-likeness (QED) is 0.795. The number of halogens is 1. The van der Waals surface area contributed by atoms with Crippen LogP contribution in [0.5, 0.6) is 5.75 Å². The number of phenolic OH excluding ortho intramolecular Hbond substituents is 1. The molecule has 0 aromatic heterocycles. The van der Waals surface area contributed by atoms with Crippen molar-refractivity contribution in [2.24, 2.45) is 0 Å². The maximum atomic E-state index is 9.83. The van der Waals surface area contributed by atoms with Gasteiger partial charge in [0, 0.05) is 10.6 Å². The summed E-state index contributed by atoms with van der Waals surface area (Å²) in [5, 5.41) is 20.2. The smallest absolute Gasteiger partial charge is 0.124 e. The van der Waals surface area contributed by atoms with E-state index in [1.54, 1.807) is 26.0 Å². The van der Waals surface area contributed by atoms with Crippen LogP contribution in [-0.2, 0) is 12.0 Å². The highest BCUT2D eigenvalue weighted by Crippen LogP contribution is 2.34. The molecule has 0 aliphatic carbocycles. The van der Waals surface area contributed by atoms with Crippen molar-refractivity contribution in [2.45, 2.75) is 32.8 Å². The zero-order valence-electron chi connectivity index (χ0n) is 8.63. The van der Waals surface area contributed by atoms with Crippen LogP contribution in [0.3, 0.4) is 0 Å². The molecular formula is C11H15ClO2. The molecule has 0 bridgehead atoms. The first-order valence-corrected chi connectivity index (χ1v) is 4.98. The maximum absolute atomic E-state index is 9.83. The number of aromatic hydroxyl groups is 1. The third-order valence-corrected chi connectivity index (χ3v) is 2.41. The summed E-state index contributed by atoms with van der Waals surface area (Å²) in [5.41, 5.74) is 0.162. The van der Waals surface area contributed by atoms with E-state index in [1.165, 1.54) is 0 Å². The van der Waals surface area contributed by atoms with Crippen LogP contribution in [0.4, 0.5) is 0 Å². The Kier molecular flexibility index (Phi) is 3.07. The molecule has 78 valence electrons. The second kappa shape index (κ2) is 3.79. The van der Waals surface area contributed by atoms with Gasteiger partial charge in [-0.1, -0.05) is 18.5 Å². The summed E-state index contributed by atoms with van der Waals surface area (Å²) >= 11 is 5.88. The number of rotatable bonds is 2. The van der Waals surface area contributed by atoms with Gasteiger partial charge in [0.15, 0.2) is 0 Å². The number of hydrogen-bond acceptors (Lipinski definition) is 2. The van der Waals surface area contributed by atoms with E-state index in [-0.39, 0.29) is 5.75 Å². The molecule has 0 aliphatic heterocycles. The number of hydrogen-bond donors (Lipinski definition) is 2. The lowest BCUT2D eigenvalue weighted by Gasteiger charge is -2.21. The highest BCUT2D eigenvalue weighted by atomic mass is 35.5.